The van der Waals surface area contributed by atoms with E-state index < -0.39 is 11.6 Å². The van der Waals surface area contributed by atoms with Gasteiger partial charge in [-0.1, -0.05) is 0 Å². The Bertz CT molecular complexity index is 297. The van der Waals surface area contributed by atoms with E-state index in [9.17, 15) is 8.78 Å². The molecule has 1 aromatic rings. The molecule has 0 saturated carbocycles. The van der Waals surface area contributed by atoms with Crippen LogP contribution in [0.25, 0.3) is 0 Å². The van der Waals surface area contributed by atoms with Crippen LogP contribution in [-0.2, 0) is 0 Å². The van der Waals surface area contributed by atoms with E-state index in [4.69, 9.17) is 4.74 Å². The van der Waals surface area contributed by atoms with Crippen LogP contribution in [0, 0.1) is 11.6 Å². The van der Waals surface area contributed by atoms with Crippen LogP contribution in [0.15, 0.2) is 16.6 Å². The van der Waals surface area contributed by atoms with Crippen LogP contribution in [0.2, 0.25) is 0 Å². The molecule has 0 atom stereocenters. The van der Waals surface area contributed by atoms with Crippen LogP contribution in [0.3, 0.4) is 0 Å². The van der Waals surface area contributed by atoms with E-state index in [1.165, 1.54) is 6.07 Å². The average molecular weight is 283 g/mol. The van der Waals surface area contributed by atoms with Crippen LogP contribution in [0.5, 0.6) is 5.75 Å². The number of thiol groups is 1. The first-order valence-corrected chi connectivity index (χ1v) is 5.46. The summed E-state index contributed by atoms with van der Waals surface area (Å²) in [6.45, 7) is 0.366. The molecule has 0 bridgehead atoms. The Hall–Kier alpha value is -0.290. The molecule has 0 saturated heterocycles. The second-order valence-electron chi connectivity index (χ2n) is 2.62. The minimum Gasteiger partial charge on any atom is -0.489 e. The van der Waals surface area contributed by atoms with Crippen LogP contribution in [-0.4, -0.2) is 12.4 Å². The van der Waals surface area contributed by atoms with Gasteiger partial charge in [0, 0.05) is 6.07 Å². The van der Waals surface area contributed by atoms with Gasteiger partial charge in [0.15, 0.2) is 11.6 Å². The van der Waals surface area contributed by atoms with E-state index in [1.807, 2.05) is 0 Å². The summed E-state index contributed by atoms with van der Waals surface area (Å²) in [7, 11) is 0. The molecule has 0 N–H and O–H groups in total. The molecule has 78 valence electrons. The lowest BCUT2D eigenvalue weighted by atomic mass is 10.3. The third-order valence-electron chi connectivity index (χ3n) is 1.51. The van der Waals surface area contributed by atoms with Gasteiger partial charge in [-0.2, -0.15) is 12.6 Å². The fraction of sp³-hybridized carbons (Fsp3) is 0.333. The SMILES string of the molecule is Fc1cc(F)c(OCCCS)c(Br)c1. The summed E-state index contributed by atoms with van der Waals surface area (Å²) in [4.78, 5) is 0. The molecule has 0 aliphatic rings. The smallest absolute Gasteiger partial charge is 0.169 e. The highest BCUT2D eigenvalue weighted by Gasteiger charge is 2.10. The molecule has 0 aliphatic heterocycles. The second kappa shape index (κ2) is 5.56. The summed E-state index contributed by atoms with van der Waals surface area (Å²) < 4.78 is 31.2. The largest absolute Gasteiger partial charge is 0.489 e. The zero-order valence-electron chi connectivity index (χ0n) is 7.27. The van der Waals surface area contributed by atoms with Crippen molar-refractivity contribution in [1.82, 2.24) is 0 Å². The van der Waals surface area contributed by atoms with Gasteiger partial charge >= 0.3 is 0 Å². The summed E-state index contributed by atoms with van der Waals surface area (Å²) in [5, 5.41) is 0. The zero-order valence-corrected chi connectivity index (χ0v) is 9.75. The molecule has 1 aromatic carbocycles. The summed E-state index contributed by atoms with van der Waals surface area (Å²) >= 11 is 7.02. The van der Waals surface area contributed by atoms with E-state index in [-0.39, 0.29) is 10.2 Å². The quantitative estimate of drug-likeness (QED) is 0.658. The van der Waals surface area contributed by atoms with Crippen molar-refractivity contribution in [3.63, 3.8) is 0 Å². The first-order valence-electron chi connectivity index (χ1n) is 4.03. The van der Waals surface area contributed by atoms with Crippen LogP contribution in [0.1, 0.15) is 6.42 Å². The molecule has 0 unspecified atom stereocenters. The monoisotopic (exact) mass is 282 g/mol. The average Bonchev–Trinajstić information content (AvgIpc) is 2.09. The van der Waals surface area contributed by atoms with Crippen LogP contribution in [0.4, 0.5) is 8.78 Å². The van der Waals surface area contributed by atoms with Crippen molar-refractivity contribution in [2.75, 3.05) is 12.4 Å². The van der Waals surface area contributed by atoms with Crippen molar-refractivity contribution in [3.05, 3.63) is 28.2 Å². The maximum Gasteiger partial charge on any atom is 0.169 e. The van der Waals surface area contributed by atoms with Crippen LogP contribution >= 0.6 is 28.6 Å². The lowest BCUT2D eigenvalue weighted by molar-refractivity contribution is 0.299. The van der Waals surface area contributed by atoms with Gasteiger partial charge in [0.25, 0.3) is 0 Å². The van der Waals surface area contributed by atoms with Crippen molar-refractivity contribution in [1.29, 1.82) is 0 Å². The lowest BCUT2D eigenvalue weighted by Crippen LogP contribution is -2.01. The molecule has 0 aliphatic carbocycles. The maximum atomic E-state index is 13.1. The fourth-order valence-corrected chi connectivity index (χ4v) is 1.56. The Labute approximate surface area is 95.0 Å². The molecule has 0 amide bonds. The highest BCUT2D eigenvalue weighted by molar-refractivity contribution is 9.10. The Morgan fingerprint density at radius 2 is 2.07 bits per heavy atom. The normalized spacial score (nSPS) is 10.3. The third kappa shape index (κ3) is 3.13. The van der Waals surface area contributed by atoms with Gasteiger partial charge in [-0.25, -0.2) is 8.78 Å². The van der Waals surface area contributed by atoms with E-state index in [0.29, 0.717) is 18.8 Å². The van der Waals surface area contributed by atoms with Gasteiger partial charge in [-0.15, -0.1) is 0 Å². The summed E-state index contributed by atoms with van der Waals surface area (Å²) in [6.07, 6.45) is 0.715. The zero-order chi connectivity index (χ0) is 10.6. The molecule has 0 aromatic heterocycles. The number of benzene rings is 1. The Morgan fingerprint density at radius 3 is 2.64 bits per heavy atom. The molecule has 0 radical (unpaired) electrons. The lowest BCUT2D eigenvalue weighted by Gasteiger charge is -2.08. The highest BCUT2D eigenvalue weighted by atomic mass is 79.9. The topological polar surface area (TPSA) is 9.23 Å². The predicted octanol–water partition coefficient (Wildman–Crippen LogP) is 3.43. The highest BCUT2D eigenvalue weighted by Crippen LogP contribution is 2.29. The molecular weight excluding hydrogens is 274 g/mol. The molecule has 1 nitrogen and oxygen atoms in total. The minimum atomic E-state index is -0.698. The second-order valence-corrected chi connectivity index (χ2v) is 3.93. The Balaban J connectivity index is 2.75. The van der Waals surface area contributed by atoms with Crippen molar-refractivity contribution in [2.45, 2.75) is 6.42 Å². The molecular formula is C9H9BrF2OS. The summed E-state index contributed by atoms with van der Waals surface area (Å²) in [5.41, 5.74) is 0. The van der Waals surface area contributed by atoms with Gasteiger partial charge < -0.3 is 4.74 Å². The van der Waals surface area contributed by atoms with E-state index in [0.717, 1.165) is 6.07 Å². The molecule has 0 spiro atoms. The summed E-state index contributed by atoms with van der Waals surface area (Å²) in [5.74, 6) is -0.611. The molecule has 14 heavy (non-hydrogen) atoms. The van der Waals surface area contributed by atoms with Crippen molar-refractivity contribution in [2.24, 2.45) is 0 Å². The van der Waals surface area contributed by atoms with Crippen molar-refractivity contribution < 1.29 is 13.5 Å². The van der Waals surface area contributed by atoms with Crippen LogP contribution < -0.4 is 4.74 Å². The standard InChI is InChI=1S/C9H9BrF2OS/c10-7-4-6(11)5-8(12)9(7)13-2-1-3-14/h4-5,14H,1-3H2. The number of hydrogen-bond acceptors (Lipinski definition) is 2. The van der Waals surface area contributed by atoms with Crippen molar-refractivity contribution in [3.8, 4) is 5.75 Å². The third-order valence-corrected chi connectivity index (χ3v) is 2.42. The molecule has 5 heteroatoms. The number of hydrogen-bond donors (Lipinski definition) is 1. The first kappa shape index (κ1) is 11.8. The molecule has 0 heterocycles. The minimum absolute atomic E-state index is 0.0492. The van der Waals surface area contributed by atoms with E-state index in [1.54, 1.807) is 0 Å². The van der Waals surface area contributed by atoms with Gasteiger partial charge in [0.05, 0.1) is 11.1 Å². The Kier molecular flexibility index (Phi) is 4.68. The Morgan fingerprint density at radius 1 is 1.36 bits per heavy atom. The molecule has 1 rings (SSSR count). The van der Waals surface area contributed by atoms with Gasteiger partial charge in [0.1, 0.15) is 5.82 Å². The number of rotatable bonds is 4. The number of ether oxygens (including phenoxy) is 1. The predicted molar refractivity (Wildman–Crippen MR) is 58.0 cm³/mol. The van der Waals surface area contributed by atoms with E-state index >= 15 is 0 Å². The maximum absolute atomic E-state index is 13.1. The van der Waals surface area contributed by atoms with Gasteiger partial charge in [-0.05, 0) is 34.2 Å². The van der Waals surface area contributed by atoms with Gasteiger partial charge in [0.2, 0.25) is 0 Å². The summed E-state index contributed by atoms with van der Waals surface area (Å²) in [6, 6.07) is 1.96. The fourth-order valence-electron chi connectivity index (χ4n) is 0.906. The number of halogens is 3. The van der Waals surface area contributed by atoms with E-state index in [2.05, 4.69) is 28.6 Å². The first-order chi connectivity index (χ1) is 6.65. The van der Waals surface area contributed by atoms with Gasteiger partial charge in [-0.3, -0.25) is 0 Å². The molecule has 0 fully saturated rings. The van der Waals surface area contributed by atoms with Crippen molar-refractivity contribution >= 4 is 28.6 Å².